The third-order valence-electron chi connectivity index (χ3n) is 2.90. The fourth-order valence-electron chi connectivity index (χ4n) is 2.01. The zero-order valence-corrected chi connectivity index (χ0v) is 10.9. The molecule has 0 atom stereocenters. The van der Waals surface area contributed by atoms with Crippen molar-refractivity contribution in [1.29, 1.82) is 0 Å². The van der Waals surface area contributed by atoms with Crippen LogP contribution in [-0.2, 0) is 9.53 Å². The molecule has 0 spiro atoms. The van der Waals surface area contributed by atoms with Crippen LogP contribution in [0.25, 0.3) is 0 Å². The SMILES string of the molecule is CC(C)OCCN1CCCN(CC(=O)O)CC1. The summed E-state index contributed by atoms with van der Waals surface area (Å²) < 4.78 is 5.53. The Bertz CT molecular complexity index is 234. The Kier molecular flexibility index (Phi) is 6.47. The van der Waals surface area contributed by atoms with Crippen LogP contribution in [0.4, 0.5) is 0 Å². The molecule has 0 aromatic carbocycles. The van der Waals surface area contributed by atoms with Crippen LogP contribution in [0, 0.1) is 0 Å². The van der Waals surface area contributed by atoms with Gasteiger partial charge in [0, 0.05) is 26.2 Å². The number of nitrogens with zero attached hydrogens (tertiary/aromatic N) is 2. The van der Waals surface area contributed by atoms with Gasteiger partial charge in [-0.25, -0.2) is 0 Å². The summed E-state index contributed by atoms with van der Waals surface area (Å²) in [5.41, 5.74) is 0. The molecule has 1 rings (SSSR count). The minimum Gasteiger partial charge on any atom is -0.480 e. The van der Waals surface area contributed by atoms with Crippen molar-refractivity contribution in [3.8, 4) is 0 Å². The van der Waals surface area contributed by atoms with Crippen molar-refractivity contribution >= 4 is 5.97 Å². The third kappa shape index (κ3) is 6.61. The Morgan fingerprint density at radius 2 is 1.88 bits per heavy atom. The molecule has 5 heteroatoms. The zero-order valence-electron chi connectivity index (χ0n) is 10.9. The van der Waals surface area contributed by atoms with Gasteiger partial charge >= 0.3 is 5.97 Å². The van der Waals surface area contributed by atoms with E-state index in [0.29, 0.717) is 0 Å². The van der Waals surface area contributed by atoms with Gasteiger partial charge in [0.2, 0.25) is 0 Å². The van der Waals surface area contributed by atoms with E-state index >= 15 is 0 Å². The Labute approximate surface area is 103 Å². The van der Waals surface area contributed by atoms with Gasteiger partial charge in [0.1, 0.15) is 0 Å². The first-order valence-corrected chi connectivity index (χ1v) is 6.36. The molecule has 1 heterocycles. The molecule has 0 aromatic rings. The molecule has 5 nitrogen and oxygen atoms in total. The summed E-state index contributed by atoms with van der Waals surface area (Å²) >= 11 is 0. The summed E-state index contributed by atoms with van der Waals surface area (Å²) in [6.07, 6.45) is 1.32. The molecule has 0 amide bonds. The second-order valence-corrected chi connectivity index (χ2v) is 4.78. The lowest BCUT2D eigenvalue weighted by Gasteiger charge is -2.21. The molecule has 1 aliphatic rings. The van der Waals surface area contributed by atoms with Crippen LogP contribution < -0.4 is 0 Å². The lowest BCUT2D eigenvalue weighted by atomic mass is 10.4. The molecule has 0 unspecified atom stereocenters. The summed E-state index contributed by atoms with van der Waals surface area (Å²) in [5, 5.41) is 8.75. The summed E-state index contributed by atoms with van der Waals surface area (Å²) in [5.74, 6) is -0.735. The van der Waals surface area contributed by atoms with Crippen molar-refractivity contribution < 1.29 is 14.6 Å². The summed E-state index contributed by atoms with van der Waals surface area (Å²) in [6, 6.07) is 0. The van der Waals surface area contributed by atoms with E-state index in [4.69, 9.17) is 9.84 Å². The number of carboxylic acids is 1. The predicted molar refractivity (Wildman–Crippen MR) is 66.2 cm³/mol. The first-order valence-electron chi connectivity index (χ1n) is 6.36. The van der Waals surface area contributed by atoms with Gasteiger partial charge in [0.05, 0.1) is 19.3 Å². The van der Waals surface area contributed by atoms with Gasteiger partial charge in [0.15, 0.2) is 0 Å². The van der Waals surface area contributed by atoms with Crippen LogP contribution in [0.15, 0.2) is 0 Å². The van der Waals surface area contributed by atoms with E-state index in [9.17, 15) is 4.79 Å². The highest BCUT2D eigenvalue weighted by Gasteiger charge is 2.16. The Morgan fingerprint density at radius 3 is 2.53 bits per heavy atom. The van der Waals surface area contributed by atoms with Crippen LogP contribution in [0.5, 0.6) is 0 Å². The molecule has 0 bridgehead atoms. The minimum atomic E-state index is -0.735. The van der Waals surface area contributed by atoms with E-state index in [0.717, 1.165) is 45.8 Å². The number of hydrogen-bond acceptors (Lipinski definition) is 4. The molecule has 1 saturated heterocycles. The van der Waals surface area contributed by atoms with Gasteiger partial charge in [-0.3, -0.25) is 14.6 Å². The van der Waals surface area contributed by atoms with Gasteiger partial charge in [-0.2, -0.15) is 0 Å². The van der Waals surface area contributed by atoms with Crippen molar-refractivity contribution in [2.45, 2.75) is 26.4 Å². The molecule has 0 aliphatic carbocycles. The number of hydrogen-bond donors (Lipinski definition) is 1. The first kappa shape index (κ1) is 14.4. The fourth-order valence-corrected chi connectivity index (χ4v) is 2.01. The van der Waals surface area contributed by atoms with Crippen molar-refractivity contribution in [1.82, 2.24) is 9.80 Å². The standard InChI is InChI=1S/C12H24N2O3/c1-11(2)17-9-8-13-4-3-5-14(7-6-13)10-12(15)16/h11H,3-10H2,1-2H3,(H,15,16). The maximum absolute atomic E-state index is 10.6. The largest absolute Gasteiger partial charge is 0.480 e. The van der Waals surface area contributed by atoms with Gasteiger partial charge < -0.3 is 9.84 Å². The number of aliphatic carboxylic acids is 1. The number of ether oxygens (including phenoxy) is 1. The summed E-state index contributed by atoms with van der Waals surface area (Å²) in [6.45, 7) is 9.65. The van der Waals surface area contributed by atoms with E-state index in [2.05, 4.69) is 4.90 Å². The fraction of sp³-hybridized carbons (Fsp3) is 0.917. The minimum absolute atomic E-state index is 0.163. The van der Waals surface area contributed by atoms with Crippen LogP contribution in [0.1, 0.15) is 20.3 Å². The maximum Gasteiger partial charge on any atom is 0.317 e. The molecule has 1 aliphatic heterocycles. The highest BCUT2D eigenvalue weighted by molar-refractivity contribution is 5.69. The second kappa shape index (κ2) is 7.63. The molecule has 100 valence electrons. The van der Waals surface area contributed by atoms with Crippen molar-refractivity contribution in [3.63, 3.8) is 0 Å². The first-order chi connectivity index (χ1) is 8.08. The number of carboxylic acid groups (broad SMARTS) is 1. The molecule has 1 N–H and O–H groups in total. The quantitative estimate of drug-likeness (QED) is 0.737. The molecule has 0 aromatic heterocycles. The van der Waals surface area contributed by atoms with Gasteiger partial charge in [0.25, 0.3) is 0 Å². The van der Waals surface area contributed by atoms with Gasteiger partial charge in [-0.05, 0) is 26.8 Å². The molecular formula is C12H24N2O3. The lowest BCUT2D eigenvalue weighted by molar-refractivity contribution is -0.138. The lowest BCUT2D eigenvalue weighted by Crippen LogP contribution is -2.35. The van der Waals surface area contributed by atoms with Crippen molar-refractivity contribution in [3.05, 3.63) is 0 Å². The average Bonchev–Trinajstić information content (AvgIpc) is 2.43. The number of rotatable bonds is 6. The summed E-state index contributed by atoms with van der Waals surface area (Å²) in [7, 11) is 0. The Hall–Kier alpha value is -0.650. The molecule has 0 radical (unpaired) electrons. The van der Waals surface area contributed by atoms with Crippen LogP contribution in [0.3, 0.4) is 0 Å². The van der Waals surface area contributed by atoms with Gasteiger partial charge in [-0.15, -0.1) is 0 Å². The third-order valence-corrected chi connectivity index (χ3v) is 2.90. The van der Waals surface area contributed by atoms with Crippen LogP contribution >= 0.6 is 0 Å². The molecule has 1 fully saturated rings. The number of carbonyl (C=O) groups is 1. The summed E-state index contributed by atoms with van der Waals surface area (Å²) in [4.78, 5) is 15.0. The van der Waals surface area contributed by atoms with E-state index in [1.165, 1.54) is 0 Å². The Morgan fingerprint density at radius 1 is 1.24 bits per heavy atom. The Balaban J connectivity index is 2.20. The maximum atomic E-state index is 10.6. The van der Waals surface area contributed by atoms with Crippen molar-refractivity contribution in [2.24, 2.45) is 0 Å². The molecular weight excluding hydrogens is 220 g/mol. The van der Waals surface area contributed by atoms with Gasteiger partial charge in [-0.1, -0.05) is 0 Å². The van der Waals surface area contributed by atoms with E-state index in [-0.39, 0.29) is 12.6 Å². The molecule has 17 heavy (non-hydrogen) atoms. The monoisotopic (exact) mass is 244 g/mol. The second-order valence-electron chi connectivity index (χ2n) is 4.78. The highest BCUT2D eigenvalue weighted by Crippen LogP contribution is 2.03. The van der Waals surface area contributed by atoms with Crippen LogP contribution in [-0.4, -0.2) is 72.9 Å². The van der Waals surface area contributed by atoms with E-state index in [1.54, 1.807) is 0 Å². The average molecular weight is 244 g/mol. The topological polar surface area (TPSA) is 53.0 Å². The smallest absolute Gasteiger partial charge is 0.317 e. The van der Waals surface area contributed by atoms with E-state index in [1.807, 2.05) is 18.7 Å². The zero-order chi connectivity index (χ0) is 12.7. The van der Waals surface area contributed by atoms with Crippen LogP contribution in [0.2, 0.25) is 0 Å². The highest BCUT2D eigenvalue weighted by atomic mass is 16.5. The predicted octanol–water partition coefficient (Wildman–Crippen LogP) is 0.504. The normalized spacial score (nSPS) is 19.5. The molecule has 0 saturated carbocycles. The van der Waals surface area contributed by atoms with E-state index < -0.39 is 5.97 Å². The van der Waals surface area contributed by atoms with Crippen molar-refractivity contribution in [2.75, 3.05) is 45.9 Å².